The smallest absolute Gasteiger partial charge is 0.243 e. The molecule has 2 aromatic rings. The van der Waals surface area contributed by atoms with E-state index in [2.05, 4.69) is 4.98 Å². The lowest BCUT2D eigenvalue weighted by Gasteiger charge is -2.23. The van der Waals surface area contributed by atoms with Crippen molar-refractivity contribution in [1.82, 2.24) is 9.29 Å². The maximum atomic E-state index is 12.7. The third kappa shape index (κ3) is 2.24. The lowest BCUT2D eigenvalue weighted by atomic mass is 10.2. The van der Waals surface area contributed by atoms with Crippen molar-refractivity contribution in [3.8, 4) is 0 Å². The first-order chi connectivity index (χ1) is 9.63. The fraction of sp³-hybridized carbons (Fsp3) is 0.429. The Balaban J connectivity index is 1.97. The lowest BCUT2D eigenvalue weighted by molar-refractivity contribution is 0.246. The van der Waals surface area contributed by atoms with E-state index in [0.29, 0.717) is 17.9 Å². The van der Waals surface area contributed by atoms with Crippen molar-refractivity contribution in [1.29, 1.82) is 0 Å². The summed E-state index contributed by atoms with van der Waals surface area (Å²) in [6, 6.07) is 6.98. The number of aromatic nitrogens is 1. The number of aliphatic hydroxyl groups excluding tert-OH is 1. The van der Waals surface area contributed by atoms with E-state index in [1.807, 2.05) is 12.1 Å². The van der Waals surface area contributed by atoms with Gasteiger partial charge in [-0.2, -0.15) is 4.31 Å². The zero-order valence-electron chi connectivity index (χ0n) is 11.1. The molecule has 1 saturated heterocycles. The molecule has 1 atom stereocenters. The molecule has 0 saturated carbocycles. The molecule has 1 aromatic heterocycles. The van der Waals surface area contributed by atoms with E-state index in [-0.39, 0.29) is 12.6 Å². The molecule has 1 unspecified atom stereocenters. The first kappa shape index (κ1) is 13.6. The minimum Gasteiger partial charge on any atom is -0.396 e. The molecule has 0 spiro atoms. The number of aliphatic hydroxyl groups is 1. The van der Waals surface area contributed by atoms with E-state index < -0.39 is 10.0 Å². The van der Waals surface area contributed by atoms with Crippen LogP contribution >= 0.6 is 0 Å². The van der Waals surface area contributed by atoms with Crippen LogP contribution in [0.5, 0.6) is 0 Å². The highest BCUT2D eigenvalue weighted by Gasteiger charge is 2.34. The number of H-pyrrole nitrogens is 1. The van der Waals surface area contributed by atoms with Crippen molar-refractivity contribution < 1.29 is 13.5 Å². The SMILES string of the molecule is O=S(=O)(c1ccc2cc[nH]c2c1)N1CCCC1CCO. The van der Waals surface area contributed by atoms with Crippen LogP contribution in [0.1, 0.15) is 19.3 Å². The third-order valence-corrected chi connectivity index (χ3v) is 5.87. The Morgan fingerprint density at radius 1 is 1.35 bits per heavy atom. The zero-order chi connectivity index (χ0) is 14.2. The monoisotopic (exact) mass is 294 g/mol. The van der Waals surface area contributed by atoms with E-state index >= 15 is 0 Å². The molecule has 1 fully saturated rings. The van der Waals surface area contributed by atoms with Gasteiger partial charge in [0.2, 0.25) is 10.0 Å². The molecule has 2 N–H and O–H groups in total. The topological polar surface area (TPSA) is 73.4 Å². The number of hydrogen-bond donors (Lipinski definition) is 2. The highest BCUT2D eigenvalue weighted by molar-refractivity contribution is 7.89. The van der Waals surface area contributed by atoms with E-state index in [0.717, 1.165) is 23.7 Å². The number of rotatable bonds is 4. The summed E-state index contributed by atoms with van der Waals surface area (Å²) in [4.78, 5) is 3.35. The van der Waals surface area contributed by atoms with Crippen LogP contribution in [0.15, 0.2) is 35.4 Å². The van der Waals surface area contributed by atoms with Gasteiger partial charge in [-0.15, -0.1) is 0 Å². The van der Waals surface area contributed by atoms with Gasteiger partial charge in [-0.05, 0) is 42.8 Å². The molecular weight excluding hydrogens is 276 g/mol. The highest BCUT2D eigenvalue weighted by atomic mass is 32.2. The molecule has 5 nitrogen and oxygen atoms in total. The first-order valence-corrected chi connectivity index (χ1v) is 8.27. The largest absolute Gasteiger partial charge is 0.396 e. The molecule has 2 heterocycles. The minimum atomic E-state index is -3.48. The van der Waals surface area contributed by atoms with Crippen molar-refractivity contribution in [3.05, 3.63) is 30.5 Å². The van der Waals surface area contributed by atoms with Crippen LogP contribution in [-0.4, -0.2) is 42.0 Å². The van der Waals surface area contributed by atoms with Gasteiger partial charge in [0.25, 0.3) is 0 Å². The van der Waals surface area contributed by atoms with Crippen molar-refractivity contribution in [2.45, 2.75) is 30.2 Å². The summed E-state index contributed by atoms with van der Waals surface area (Å²) in [7, 11) is -3.48. The molecule has 1 aliphatic rings. The average molecular weight is 294 g/mol. The van der Waals surface area contributed by atoms with E-state index in [1.54, 1.807) is 18.3 Å². The lowest BCUT2D eigenvalue weighted by Crippen LogP contribution is -2.36. The number of hydrogen-bond acceptors (Lipinski definition) is 3. The van der Waals surface area contributed by atoms with E-state index in [9.17, 15) is 8.42 Å². The Morgan fingerprint density at radius 2 is 2.20 bits per heavy atom. The molecule has 108 valence electrons. The predicted octanol–water partition coefficient (Wildman–Crippen LogP) is 1.70. The molecule has 0 aliphatic carbocycles. The summed E-state index contributed by atoms with van der Waals surface area (Å²) >= 11 is 0. The van der Waals surface area contributed by atoms with Gasteiger partial charge in [0.05, 0.1) is 4.90 Å². The zero-order valence-corrected chi connectivity index (χ0v) is 11.9. The standard InChI is InChI=1S/C14H18N2O3S/c17-9-6-12-2-1-8-16(12)20(18,19)13-4-3-11-5-7-15-14(11)10-13/h3-5,7,10,12,15,17H,1-2,6,8-9H2. The summed E-state index contributed by atoms with van der Waals surface area (Å²) < 4.78 is 27.0. The molecule has 0 radical (unpaired) electrons. The molecule has 0 amide bonds. The van der Waals surface area contributed by atoms with Crippen LogP contribution in [0.3, 0.4) is 0 Å². The van der Waals surface area contributed by atoms with Crippen LogP contribution in [0.4, 0.5) is 0 Å². The van der Waals surface area contributed by atoms with Gasteiger partial charge in [-0.3, -0.25) is 0 Å². The van der Waals surface area contributed by atoms with Crippen molar-refractivity contribution in [2.75, 3.05) is 13.2 Å². The van der Waals surface area contributed by atoms with Gasteiger partial charge in [-0.25, -0.2) is 8.42 Å². The summed E-state index contributed by atoms with van der Waals surface area (Å²) in [5.74, 6) is 0. The predicted molar refractivity (Wildman–Crippen MR) is 76.9 cm³/mol. The highest BCUT2D eigenvalue weighted by Crippen LogP contribution is 2.29. The Kier molecular flexibility index (Phi) is 3.54. The Hall–Kier alpha value is -1.37. The molecule has 1 aliphatic heterocycles. The van der Waals surface area contributed by atoms with Crippen molar-refractivity contribution >= 4 is 20.9 Å². The summed E-state index contributed by atoms with van der Waals surface area (Å²) in [6.45, 7) is 0.558. The number of benzene rings is 1. The summed E-state index contributed by atoms with van der Waals surface area (Å²) in [5.41, 5.74) is 0.823. The van der Waals surface area contributed by atoms with Gasteiger partial charge >= 0.3 is 0 Å². The second-order valence-electron chi connectivity index (χ2n) is 5.15. The minimum absolute atomic E-state index is 0.0202. The second-order valence-corrected chi connectivity index (χ2v) is 7.04. The number of aromatic amines is 1. The second kappa shape index (κ2) is 5.20. The fourth-order valence-electron chi connectivity index (χ4n) is 2.89. The number of nitrogens with one attached hydrogen (secondary N) is 1. The van der Waals surface area contributed by atoms with Gasteiger partial charge in [0, 0.05) is 30.9 Å². The van der Waals surface area contributed by atoms with Gasteiger partial charge in [0.1, 0.15) is 0 Å². The Labute approximate surface area is 118 Å². The maximum Gasteiger partial charge on any atom is 0.243 e. The third-order valence-electron chi connectivity index (χ3n) is 3.92. The first-order valence-electron chi connectivity index (χ1n) is 6.83. The van der Waals surface area contributed by atoms with E-state index in [4.69, 9.17) is 5.11 Å². The summed E-state index contributed by atoms with van der Waals surface area (Å²) in [6.07, 6.45) is 3.98. The Morgan fingerprint density at radius 3 is 3.00 bits per heavy atom. The molecule has 20 heavy (non-hydrogen) atoms. The molecular formula is C14H18N2O3S. The van der Waals surface area contributed by atoms with Crippen molar-refractivity contribution in [2.24, 2.45) is 0 Å². The normalized spacial score (nSPS) is 20.8. The molecule has 3 rings (SSSR count). The van der Waals surface area contributed by atoms with Gasteiger partial charge in [-0.1, -0.05) is 6.07 Å². The quantitative estimate of drug-likeness (QED) is 0.901. The summed E-state index contributed by atoms with van der Waals surface area (Å²) in [5, 5.41) is 10.1. The Bertz CT molecular complexity index is 708. The van der Waals surface area contributed by atoms with Crippen LogP contribution in [0.25, 0.3) is 10.9 Å². The molecule has 0 bridgehead atoms. The molecule has 6 heteroatoms. The average Bonchev–Trinajstić information content (AvgIpc) is 3.06. The van der Waals surface area contributed by atoms with E-state index in [1.165, 1.54) is 4.31 Å². The number of sulfonamides is 1. The number of nitrogens with zero attached hydrogens (tertiary/aromatic N) is 1. The van der Waals surface area contributed by atoms with Crippen LogP contribution < -0.4 is 0 Å². The van der Waals surface area contributed by atoms with Crippen LogP contribution in [-0.2, 0) is 10.0 Å². The van der Waals surface area contributed by atoms with Crippen LogP contribution in [0.2, 0.25) is 0 Å². The van der Waals surface area contributed by atoms with Crippen LogP contribution in [0, 0.1) is 0 Å². The van der Waals surface area contributed by atoms with Gasteiger partial charge < -0.3 is 10.1 Å². The molecule has 1 aromatic carbocycles. The van der Waals surface area contributed by atoms with Crippen molar-refractivity contribution in [3.63, 3.8) is 0 Å². The fourth-order valence-corrected chi connectivity index (χ4v) is 4.64. The van der Waals surface area contributed by atoms with Gasteiger partial charge in [0.15, 0.2) is 0 Å². The number of fused-ring (bicyclic) bond motifs is 1. The maximum absolute atomic E-state index is 12.7.